The van der Waals surface area contributed by atoms with Crippen molar-refractivity contribution in [1.29, 1.82) is 0 Å². The van der Waals surface area contributed by atoms with Gasteiger partial charge in [0.25, 0.3) is 0 Å². The number of aryl methyl sites for hydroxylation is 2. The van der Waals surface area contributed by atoms with E-state index in [4.69, 9.17) is 5.73 Å². The first-order valence-electron chi connectivity index (χ1n) is 7.32. The average Bonchev–Trinajstić information content (AvgIpc) is 2.87. The average molecular weight is 292 g/mol. The van der Waals surface area contributed by atoms with E-state index in [1.54, 1.807) is 0 Å². The van der Waals surface area contributed by atoms with Crippen LogP contribution < -0.4 is 11.1 Å². The number of hydrogen-bond donors (Lipinski definition) is 3. The Bertz CT molecular complexity index is 777. The minimum atomic E-state index is 0.420. The second kappa shape index (κ2) is 5.93. The number of para-hydroxylation sites is 1. The smallest absolute Gasteiger partial charge is 0.193 e. The second-order valence-corrected chi connectivity index (χ2v) is 5.58. The Labute approximate surface area is 130 Å². The van der Waals surface area contributed by atoms with Gasteiger partial charge in [-0.3, -0.25) is 0 Å². The molecule has 0 atom stereocenters. The zero-order valence-corrected chi connectivity index (χ0v) is 12.9. The lowest BCUT2D eigenvalue weighted by Gasteiger charge is -2.07. The van der Waals surface area contributed by atoms with Crippen LogP contribution in [0.15, 0.2) is 53.5 Å². The molecule has 0 aliphatic heterocycles. The molecule has 0 bridgehead atoms. The maximum absolute atomic E-state index is 5.97. The lowest BCUT2D eigenvalue weighted by atomic mass is 10.1. The van der Waals surface area contributed by atoms with E-state index in [0.29, 0.717) is 12.5 Å². The number of aromatic amines is 1. The number of benzene rings is 2. The fraction of sp³-hybridized carbons (Fsp3) is 0.167. The topological polar surface area (TPSA) is 66.2 Å². The van der Waals surface area contributed by atoms with E-state index in [0.717, 1.165) is 16.9 Å². The molecule has 0 spiro atoms. The fourth-order valence-electron chi connectivity index (χ4n) is 2.62. The standard InChI is InChI=1S/C18H20N4/c1-12-7-13(2)9-15(8-12)22-18(19)20-11-16-10-14-5-3-4-6-17(14)21-16/h3-10,21H,11H2,1-2H3,(H3,19,20,22). The molecule has 4 N–H and O–H groups in total. The molecule has 4 nitrogen and oxygen atoms in total. The number of aromatic nitrogens is 1. The van der Waals surface area contributed by atoms with Gasteiger partial charge in [0.2, 0.25) is 0 Å². The highest BCUT2D eigenvalue weighted by Gasteiger charge is 2.01. The molecule has 22 heavy (non-hydrogen) atoms. The van der Waals surface area contributed by atoms with Crippen molar-refractivity contribution in [2.45, 2.75) is 20.4 Å². The third-order valence-corrected chi connectivity index (χ3v) is 3.50. The van der Waals surface area contributed by atoms with E-state index >= 15 is 0 Å². The van der Waals surface area contributed by atoms with Crippen LogP contribution in [0.1, 0.15) is 16.8 Å². The van der Waals surface area contributed by atoms with Crippen LogP contribution in [0.5, 0.6) is 0 Å². The van der Waals surface area contributed by atoms with Crippen LogP contribution in [0.4, 0.5) is 5.69 Å². The molecule has 4 heteroatoms. The van der Waals surface area contributed by atoms with Gasteiger partial charge in [-0.15, -0.1) is 0 Å². The molecule has 1 aromatic heterocycles. The van der Waals surface area contributed by atoms with Gasteiger partial charge in [0.1, 0.15) is 0 Å². The third kappa shape index (κ3) is 3.28. The molecule has 112 valence electrons. The summed E-state index contributed by atoms with van der Waals surface area (Å²) < 4.78 is 0. The monoisotopic (exact) mass is 292 g/mol. The molecular formula is C18H20N4. The highest BCUT2D eigenvalue weighted by Crippen LogP contribution is 2.16. The van der Waals surface area contributed by atoms with Gasteiger partial charge in [0.05, 0.1) is 6.54 Å². The fourth-order valence-corrected chi connectivity index (χ4v) is 2.62. The second-order valence-electron chi connectivity index (χ2n) is 5.58. The highest BCUT2D eigenvalue weighted by molar-refractivity contribution is 5.92. The van der Waals surface area contributed by atoms with Gasteiger partial charge in [-0.1, -0.05) is 24.3 Å². The van der Waals surface area contributed by atoms with Gasteiger partial charge in [-0.25, -0.2) is 4.99 Å². The highest BCUT2D eigenvalue weighted by atomic mass is 15.1. The molecule has 0 unspecified atom stereocenters. The van der Waals surface area contributed by atoms with Crippen molar-refractivity contribution in [2.75, 3.05) is 5.32 Å². The van der Waals surface area contributed by atoms with Crippen molar-refractivity contribution >= 4 is 22.5 Å². The minimum absolute atomic E-state index is 0.420. The number of nitrogens with zero attached hydrogens (tertiary/aromatic N) is 1. The first kappa shape index (κ1) is 14.2. The summed E-state index contributed by atoms with van der Waals surface area (Å²) >= 11 is 0. The Morgan fingerprint density at radius 3 is 2.55 bits per heavy atom. The maximum Gasteiger partial charge on any atom is 0.193 e. The zero-order chi connectivity index (χ0) is 15.5. The largest absolute Gasteiger partial charge is 0.370 e. The SMILES string of the molecule is Cc1cc(C)cc(NC(N)=NCc2cc3ccccc3[nH]2)c1. The van der Waals surface area contributed by atoms with Crippen molar-refractivity contribution in [2.24, 2.45) is 10.7 Å². The van der Waals surface area contributed by atoms with E-state index in [1.165, 1.54) is 16.5 Å². The first-order chi connectivity index (χ1) is 10.6. The van der Waals surface area contributed by atoms with Crippen LogP contribution in [0.2, 0.25) is 0 Å². The number of hydrogen-bond acceptors (Lipinski definition) is 1. The van der Waals surface area contributed by atoms with Gasteiger partial charge in [0.15, 0.2) is 5.96 Å². The Kier molecular flexibility index (Phi) is 3.83. The van der Waals surface area contributed by atoms with Crippen LogP contribution in [-0.2, 0) is 6.54 Å². The lowest BCUT2D eigenvalue weighted by molar-refractivity contribution is 1.01. The number of fused-ring (bicyclic) bond motifs is 1. The number of nitrogens with two attached hydrogens (primary N) is 1. The molecule has 3 aromatic rings. The maximum atomic E-state index is 5.97. The number of nitrogens with one attached hydrogen (secondary N) is 2. The summed E-state index contributed by atoms with van der Waals surface area (Å²) in [4.78, 5) is 7.74. The molecule has 0 fully saturated rings. The molecular weight excluding hydrogens is 272 g/mol. The van der Waals surface area contributed by atoms with Gasteiger partial charge >= 0.3 is 0 Å². The summed E-state index contributed by atoms with van der Waals surface area (Å²) in [7, 11) is 0. The summed E-state index contributed by atoms with van der Waals surface area (Å²) in [5.41, 5.74) is 11.5. The molecule has 3 rings (SSSR count). The van der Waals surface area contributed by atoms with E-state index in [1.807, 2.05) is 12.1 Å². The summed E-state index contributed by atoms with van der Waals surface area (Å²) in [5, 5.41) is 4.33. The molecule has 1 heterocycles. The van der Waals surface area contributed by atoms with Crippen LogP contribution in [0.25, 0.3) is 10.9 Å². The quantitative estimate of drug-likeness (QED) is 0.509. The van der Waals surface area contributed by atoms with Crippen LogP contribution in [-0.4, -0.2) is 10.9 Å². The minimum Gasteiger partial charge on any atom is -0.370 e. The summed E-state index contributed by atoms with van der Waals surface area (Å²) in [6, 6.07) is 16.5. The van der Waals surface area contributed by atoms with Crippen molar-refractivity contribution < 1.29 is 0 Å². The molecule has 0 saturated carbocycles. The van der Waals surface area contributed by atoms with Crippen LogP contribution >= 0.6 is 0 Å². The third-order valence-electron chi connectivity index (χ3n) is 3.50. The predicted molar refractivity (Wildman–Crippen MR) is 93.2 cm³/mol. The molecule has 0 aliphatic rings. The molecule has 0 radical (unpaired) electrons. The van der Waals surface area contributed by atoms with Crippen molar-refractivity contribution in [3.05, 3.63) is 65.4 Å². The molecule has 0 amide bonds. The Morgan fingerprint density at radius 2 is 1.82 bits per heavy atom. The number of aliphatic imine (C=N–C) groups is 1. The molecule has 0 aliphatic carbocycles. The van der Waals surface area contributed by atoms with Crippen molar-refractivity contribution in [3.8, 4) is 0 Å². The Morgan fingerprint density at radius 1 is 1.09 bits per heavy atom. The van der Waals surface area contributed by atoms with Gasteiger partial charge < -0.3 is 16.0 Å². The summed E-state index contributed by atoms with van der Waals surface area (Å²) in [5.74, 6) is 0.420. The summed E-state index contributed by atoms with van der Waals surface area (Å²) in [6.45, 7) is 4.66. The zero-order valence-electron chi connectivity index (χ0n) is 12.9. The van der Waals surface area contributed by atoms with Crippen molar-refractivity contribution in [3.63, 3.8) is 0 Å². The van der Waals surface area contributed by atoms with E-state index in [-0.39, 0.29) is 0 Å². The van der Waals surface area contributed by atoms with Gasteiger partial charge in [0, 0.05) is 16.9 Å². The number of rotatable bonds is 3. The van der Waals surface area contributed by atoms with Crippen LogP contribution in [0, 0.1) is 13.8 Å². The summed E-state index contributed by atoms with van der Waals surface area (Å²) in [6.07, 6.45) is 0. The Hall–Kier alpha value is -2.75. The molecule has 2 aromatic carbocycles. The van der Waals surface area contributed by atoms with E-state index in [9.17, 15) is 0 Å². The normalized spacial score (nSPS) is 11.8. The lowest BCUT2D eigenvalue weighted by Crippen LogP contribution is -2.22. The number of H-pyrrole nitrogens is 1. The number of guanidine groups is 1. The Balaban J connectivity index is 1.71. The van der Waals surface area contributed by atoms with E-state index in [2.05, 4.69) is 65.5 Å². The van der Waals surface area contributed by atoms with Crippen molar-refractivity contribution in [1.82, 2.24) is 4.98 Å². The van der Waals surface area contributed by atoms with E-state index < -0.39 is 0 Å². The van der Waals surface area contributed by atoms with Gasteiger partial charge in [-0.2, -0.15) is 0 Å². The predicted octanol–water partition coefficient (Wildman–Crippen LogP) is 3.71. The van der Waals surface area contributed by atoms with Gasteiger partial charge in [-0.05, 0) is 54.6 Å². The number of anilines is 1. The van der Waals surface area contributed by atoms with Crippen LogP contribution in [0.3, 0.4) is 0 Å². The first-order valence-corrected chi connectivity index (χ1v) is 7.32. The molecule has 0 saturated heterocycles.